The van der Waals surface area contributed by atoms with E-state index in [2.05, 4.69) is 46.7 Å². The molecule has 0 amide bonds. The Morgan fingerprint density at radius 2 is 1.79 bits per heavy atom. The molecular weight excluding hydrogens is 525 g/mol. The fourth-order valence-electron chi connectivity index (χ4n) is 6.31. The van der Waals surface area contributed by atoms with E-state index in [0.29, 0.717) is 22.0 Å². The summed E-state index contributed by atoms with van der Waals surface area (Å²) >= 11 is 1.66. The fourth-order valence-corrected chi connectivity index (χ4v) is 8.56. The molecule has 210 valence electrons. The molecule has 5 rings (SSSR count). The SMILES string of the molecule is CCCN(CCC1CCC(NS(=O)(=O)c2ccc(-c3cccc(C)c3)cc2)CC1)[C@H]1CCc2nc(N)sc2C1. The van der Waals surface area contributed by atoms with E-state index in [1.165, 1.54) is 22.6 Å². The summed E-state index contributed by atoms with van der Waals surface area (Å²) in [6.07, 6.45) is 9.61. The Morgan fingerprint density at radius 1 is 1.03 bits per heavy atom. The van der Waals surface area contributed by atoms with Gasteiger partial charge in [0.05, 0.1) is 10.6 Å². The topological polar surface area (TPSA) is 88.3 Å². The summed E-state index contributed by atoms with van der Waals surface area (Å²) in [7, 11) is -3.53. The van der Waals surface area contributed by atoms with E-state index in [4.69, 9.17) is 5.73 Å². The number of nitrogens with one attached hydrogen (secondary N) is 1. The second-order valence-electron chi connectivity index (χ2n) is 11.4. The van der Waals surface area contributed by atoms with E-state index in [1.807, 2.05) is 18.2 Å². The Labute approximate surface area is 238 Å². The van der Waals surface area contributed by atoms with Crippen LogP contribution in [0, 0.1) is 12.8 Å². The average molecular weight is 567 g/mol. The largest absolute Gasteiger partial charge is 0.375 e. The number of sulfonamides is 1. The van der Waals surface area contributed by atoms with Gasteiger partial charge in [0.1, 0.15) is 0 Å². The van der Waals surface area contributed by atoms with Gasteiger partial charge in [-0.05, 0) is 107 Å². The summed E-state index contributed by atoms with van der Waals surface area (Å²) in [5.41, 5.74) is 10.5. The molecule has 0 radical (unpaired) electrons. The maximum Gasteiger partial charge on any atom is 0.240 e. The van der Waals surface area contributed by atoms with E-state index in [0.717, 1.165) is 75.6 Å². The summed E-state index contributed by atoms with van der Waals surface area (Å²) in [6.45, 7) is 6.58. The number of nitrogens with two attached hydrogens (primary N) is 1. The molecule has 0 aliphatic heterocycles. The quantitative estimate of drug-likeness (QED) is 0.305. The molecule has 1 saturated carbocycles. The summed E-state index contributed by atoms with van der Waals surface area (Å²) < 4.78 is 29.2. The number of aromatic nitrogens is 1. The number of benzene rings is 2. The van der Waals surface area contributed by atoms with Gasteiger partial charge in [-0.1, -0.05) is 48.9 Å². The molecule has 8 heteroatoms. The highest BCUT2D eigenvalue weighted by Crippen LogP contribution is 2.32. The molecule has 0 unspecified atom stereocenters. The van der Waals surface area contributed by atoms with Crippen molar-refractivity contribution in [2.24, 2.45) is 5.92 Å². The lowest BCUT2D eigenvalue weighted by molar-refractivity contribution is 0.158. The Morgan fingerprint density at radius 3 is 2.51 bits per heavy atom. The van der Waals surface area contributed by atoms with E-state index in [1.54, 1.807) is 23.5 Å². The van der Waals surface area contributed by atoms with Crippen LogP contribution in [-0.2, 0) is 22.9 Å². The standard InChI is InChI=1S/C31H42N4O2S2/c1-3-18-35(27-13-16-29-30(21-27)38-31(32)33-29)19-17-23-7-11-26(12-8-23)34-39(36,37)28-14-9-24(10-15-28)25-6-4-5-22(2)20-25/h4-6,9-10,14-15,20,23,26-27,34H,3,7-8,11-13,16-19,21H2,1-2H3,(H2,32,33)/t23?,26?,27-/m0/s1. The fraction of sp³-hybridized carbons (Fsp3) is 0.516. The van der Waals surface area contributed by atoms with Gasteiger partial charge in [0, 0.05) is 17.0 Å². The Balaban J connectivity index is 1.10. The second-order valence-corrected chi connectivity index (χ2v) is 14.2. The third kappa shape index (κ3) is 7.09. The maximum atomic E-state index is 13.1. The van der Waals surface area contributed by atoms with Gasteiger partial charge in [-0.2, -0.15) is 0 Å². The molecule has 39 heavy (non-hydrogen) atoms. The highest BCUT2D eigenvalue weighted by atomic mass is 32.2. The molecule has 1 aromatic heterocycles. The van der Waals surface area contributed by atoms with Crippen molar-refractivity contribution >= 4 is 26.5 Å². The van der Waals surface area contributed by atoms with Crippen molar-refractivity contribution in [2.45, 2.75) is 88.6 Å². The van der Waals surface area contributed by atoms with Crippen molar-refractivity contribution in [2.75, 3.05) is 18.8 Å². The van der Waals surface area contributed by atoms with Gasteiger partial charge in [-0.25, -0.2) is 18.1 Å². The third-order valence-electron chi connectivity index (χ3n) is 8.47. The number of hydrogen-bond acceptors (Lipinski definition) is 6. The lowest BCUT2D eigenvalue weighted by Gasteiger charge is -2.36. The lowest BCUT2D eigenvalue weighted by Crippen LogP contribution is -2.41. The van der Waals surface area contributed by atoms with Gasteiger partial charge in [0.2, 0.25) is 10.0 Å². The van der Waals surface area contributed by atoms with Crippen LogP contribution in [0.3, 0.4) is 0 Å². The molecule has 2 aliphatic carbocycles. The summed E-state index contributed by atoms with van der Waals surface area (Å²) in [5.74, 6) is 0.664. The predicted octanol–water partition coefficient (Wildman–Crippen LogP) is 6.20. The first kappa shape index (κ1) is 28.3. The number of thiazole rings is 1. The minimum Gasteiger partial charge on any atom is -0.375 e. The molecule has 3 aromatic rings. The first-order valence-electron chi connectivity index (χ1n) is 14.5. The maximum absolute atomic E-state index is 13.1. The first-order chi connectivity index (χ1) is 18.8. The van der Waals surface area contributed by atoms with Crippen LogP contribution in [0.25, 0.3) is 11.1 Å². The molecule has 0 saturated heterocycles. The van der Waals surface area contributed by atoms with Crippen molar-refractivity contribution in [3.63, 3.8) is 0 Å². The highest BCUT2D eigenvalue weighted by Gasteiger charge is 2.29. The minimum absolute atomic E-state index is 0.0167. The smallest absolute Gasteiger partial charge is 0.240 e. The molecule has 0 bridgehead atoms. The van der Waals surface area contributed by atoms with E-state index in [9.17, 15) is 8.42 Å². The third-order valence-corrected chi connectivity index (χ3v) is 11.0. The van der Waals surface area contributed by atoms with Crippen LogP contribution in [0.2, 0.25) is 0 Å². The van der Waals surface area contributed by atoms with Crippen LogP contribution in [0.15, 0.2) is 53.4 Å². The van der Waals surface area contributed by atoms with Crippen molar-refractivity contribution in [1.82, 2.24) is 14.6 Å². The monoisotopic (exact) mass is 566 g/mol. The zero-order valence-electron chi connectivity index (χ0n) is 23.2. The summed E-state index contributed by atoms with van der Waals surface area (Å²) in [4.78, 5) is 8.92. The van der Waals surface area contributed by atoms with E-state index >= 15 is 0 Å². The highest BCUT2D eigenvalue weighted by molar-refractivity contribution is 7.89. The normalized spacial score (nSPS) is 21.7. The Kier molecular flexibility index (Phi) is 9.06. The molecule has 2 aromatic carbocycles. The van der Waals surface area contributed by atoms with Gasteiger partial charge in [0.25, 0.3) is 0 Å². The van der Waals surface area contributed by atoms with Crippen molar-refractivity contribution in [1.29, 1.82) is 0 Å². The van der Waals surface area contributed by atoms with Gasteiger partial charge in [0.15, 0.2) is 5.13 Å². The Hall–Kier alpha value is -2.26. The number of nitrogen functional groups attached to an aromatic ring is 1. The van der Waals surface area contributed by atoms with Crippen LogP contribution in [-0.4, -0.2) is 43.5 Å². The number of fused-ring (bicyclic) bond motifs is 1. The molecule has 6 nitrogen and oxygen atoms in total. The van der Waals surface area contributed by atoms with Crippen molar-refractivity contribution in [3.8, 4) is 11.1 Å². The molecule has 3 N–H and O–H groups in total. The van der Waals surface area contributed by atoms with E-state index in [-0.39, 0.29) is 6.04 Å². The van der Waals surface area contributed by atoms with Gasteiger partial charge >= 0.3 is 0 Å². The number of hydrogen-bond donors (Lipinski definition) is 2. The average Bonchev–Trinajstić information content (AvgIpc) is 3.31. The van der Waals surface area contributed by atoms with E-state index < -0.39 is 10.0 Å². The molecule has 1 fully saturated rings. The zero-order chi connectivity index (χ0) is 27.4. The van der Waals surface area contributed by atoms with Crippen LogP contribution in [0.5, 0.6) is 0 Å². The number of rotatable bonds is 10. The van der Waals surface area contributed by atoms with Crippen LogP contribution < -0.4 is 10.5 Å². The van der Waals surface area contributed by atoms with Gasteiger partial charge < -0.3 is 10.6 Å². The first-order valence-corrected chi connectivity index (χ1v) is 16.8. The number of anilines is 1. The molecule has 0 spiro atoms. The lowest BCUT2D eigenvalue weighted by atomic mass is 9.84. The number of aryl methyl sites for hydroxylation is 2. The predicted molar refractivity (Wildman–Crippen MR) is 162 cm³/mol. The van der Waals surface area contributed by atoms with Crippen LogP contribution in [0.4, 0.5) is 5.13 Å². The Bertz CT molecular complexity index is 1350. The van der Waals surface area contributed by atoms with Gasteiger partial charge in [-0.15, -0.1) is 11.3 Å². The van der Waals surface area contributed by atoms with Crippen molar-refractivity contribution in [3.05, 3.63) is 64.7 Å². The molecular formula is C31H42N4O2S2. The molecule has 2 aliphatic rings. The minimum atomic E-state index is -3.53. The molecule has 1 atom stereocenters. The number of nitrogens with zero attached hydrogens (tertiary/aromatic N) is 2. The van der Waals surface area contributed by atoms with Gasteiger partial charge in [-0.3, -0.25) is 0 Å². The second kappa shape index (κ2) is 12.5. The van der Waals surface area contributed by atoms with Crippen molar-refractivity contribution < 1.29 is 8.42 Å². The summed E-state index contributed by atoms with van der Waals surface area (Å²) in [6, 6.07) is 16.1. The molecule has 1 heterocycles. The van der Waals surface area contributed by atoms with Crippen LogP contribution in [0.1, 0.15) is 68.0 Å². The van der Waals surface area contributed by atoms with Crippen LogP contribution >= 0.6 is 11.3 Å². The summed E-state index contributed by atoms with van der Waals surface area (Å²) in [5, 5.41) is 0.703. The zero-order valence-corrected chi connectivity index (χ0v) is 24.9.